The van der Waals surface area contributed by atoms with Crippen LogP contribution in [0.4, 0.5) is 0 Å². The largest absolute Gasteiger partial charge is 0.368 e. The number of halogens is 1. The van der Waals surface area contributed by atoms with Gasteiger partial charge < -0.3 is 4.74 Å². The van der Waals surface area contributed by atoms with Gasteiger partial charge in [-0.15, -0.1) is 0 Å². The Bertz CT molecular complexity index is 954. The lowest BCUT2D eigenvalue weighted by atomic mass is 9.87. The predicted molar refractivity (Wildman–Crippen MR) is 109 cm³/mol. The molecule has 0 amide bonds. The van der Waals surface area contributed by atoms with Gasteiger partial charge in [0.1, 0.15) is 0 Å². The second kappa shape index (κ2) is 7.17. The molecule has 2 aromatic carbocycles. The van der Waals surface area contributed by atoms with Gasteiger partial charge in [-0.3, -0.25) is 0 Å². The van der Waals surface area contributed by atoms with Gasteiger partial charge in [0.15, 0.2) is 0 Å². The van der Waals surface area contributed by atoms with E-state index in [1.807, 2.05) is 43.3 Å². The van der Waals surface area contributed by atoms with Crippen molar-refractivity contribution >= 4 is 26.0 Å². The number of sulfonamides is 1. The van der Waals surface area contributed by atoms with E-state index in [9.17, 15) is 8.42 Å². The molecule has 142 valence electrons. The molecule has 3 atom stereocenters. The fraction of sp³-hybridized carbons (Fsp3) is 0.333. The van der Waals surface area contributed by atoms with Crippen molar-refractivity contribution in [1.82, 2.24) is 4.31 Å². The number of nitrogens with zero attached hydrogens (tertiary/aromatic N) is 1. The fourth-order valence-corrected chi connectivity index (χ4v) is 5.59. The summed E-state index contributed by atoms with van der Waals surface area (Å²) in [7, 11) is -3.52. The van der Waals surface area contributed by atoms with Gasteiger partial charge in [-0.2, -0.15) is 4.31 Å². The number of rotatable bonds is 3. The summed E-state index contributed by atoms with van der Waals surface area (Å²) in [6.45, 7) is 6.99. The first-order chi connectivity index (χ1) is 12.8. The topological polar surface area (TPSA) is 46.6 Å². The van der Waals surface area contributed by atoms with Crippen LogP contribution in [0.1, 0.15) is 23.7 Å². The maximum Gasteiger partial charge on any atom is 0.243 e. The predicted octanol–water partition coefficient (Wildman–Crippen LogP) is 4.46. The molecule has 0 spiro atoms. The molecule has 2 aliphatic rings. The third-order valence-corrected chi connectivity index (χ3v) is 7.82. The van der Waals surface area contributed by atoms with Gasteiger partial charge in [0, 0.05) is 23.5 Å². The zero-order chi connectivity index (χ0) is 19.2. The second-order valence-electron chi connectivity index (χ2n) is 7.32. The SMILES string of the molecule is C=C1C[C@H](c2ccc(Br)cc2)O[C@@H]2CN(S(=O)(=O)c3ccc(C)cc3)C[C@H]12. The Labute approximate surface area is 169 Å². The summed E-state index contributed by atoms with van der Waals surface area (Å²) in [5.74, 6) is 0.0527. The first kappa shape index (κ1) is 18.9. The standard InChI is InChI=1S/C21H22BrNO3S/c1-14-3-9-18(10-4-14)27(24,25)23-12-19-15(2)11-20(26-21(19)13-23)16-5-7-17(22)8-6-16/h3-10,19-21H,2,11-13H2,1H3/t19-,20-,21-/m1/s1. The monoisotopic (exact) mass is 447 g/mol. The van der Waals surface area contributed by atoms with Gasteiger partial charge in [0.25, 0.3) is 0 Å². The minimum atomic E-state index is -3.52. The normalized spacial score (nSPS) is 26.1. The van der Waals surface area contributed by atoms with Crippen molar-refractivity contribution in [2.24, 2.45) is 5.92 Å². The Kier molecular flexibility index (Phi) is 5.01. The third-order valence-electron chi connectivity index (χ3n) is 5.44. The molecular formula is C21H22BrNO3S. The van der Waals surface area contributed by atoms with Gasteiger partial charge in [0.05, 0.1) is 17.1 Å². The lowest BCUT2D eigenvalue weighted by molar-refractivity contribution is -0.0421. The van der Waals surface area contributed by atoms with Crippen LogP contribution in [0, 0.1) is 12.8 Å². The van der Waals surface area contributed by atoms with E-state index in [-0.39, 0.29) is 18.1 Å². The molecule has 0 radical (unpaired) electrons. The van der Waals surface area contributed by atoms with Crippen molar-refractivity contribution < 1.29 is 13.2 Å². The van der Waals surface area contributed by atoms with Gasteiger partial charge in [-0.1, -0.05) is 57.9 Å². The number of hydrogen-bond donors (Lipinski definition) is 0. The first-order valence-corrected chi connectivity index (χ1v) is 11.2. The molecule has 4 rings (SSSR count). The minimum absolute atomic E-state index is 0.0527. The highest BCUT2D eigenvalue weighted by atomic mass is 79.9. The van der Waals surface area contributed by atoms with Crippen molar-refractivity contribution in [3.8, 4) is 0 Å². The Morgan fingerprint density at radius 3 is 2.41 bits per heavy atom. The van der Waals surface area contributed by atoms with E-state index in [1.165, 1.54) is 0 Å². The highest BCUT2D eigenvalue weighted by molar-refractivity contribution is 9.10. The van der Waals surface area contributed by atoms with Gasteiger partial charge in [-0.05, 0) is 43.2 Å². The zero-order valence-electron chi connectivity index (χ0n) is 15.1. The summed E-state index contributed by atoms with van der Waals surface area (Å²) in [6, 6.07) is 15.1. The van der Waals surface area contributed by atoms with Crippen molar-refractivity contribution in [3.05, 3.63) is 76.3 Å². The van der Waals surface area contributed by atoms with Crippen LogP contribution in [0.5, 0.6) is 0 Å². The molecule has 2 fully saturated rings. The van der Waals surface area contributed by atoms with Crippen LogP contribution < -0.4 is 0 Å². The summed E-state index contributed by atoms with van der Waals surface area (Å²) in [6.07, 6.45) is 0.496. The van der Waals surface area contributed by atoms with Crippen LogP contribution >= 0.6 is 15.9 Å². The molecule has 2 aliphatic heterocycles. The summed E-state index contributed by atoms with van der Waals surface area (Å²) in [5.41, 5.74) is 3.21. The van der Waals surface area contributed by atoms with E-state index in [2.05, 4.69) is 22.5 Å². The highest BCUT2D eigenvalue weighted by Crippen LogP contribution is 2.42. The molecule has 27 heavy (non-hydrogen) atoms. The van der Waals surface area contributed by atoms with E-state index in [4.69, 9.17) is 4.74 Å². The van der Waals surface area contributed by atoms with Crippen LogP contribution in [0.15, 0.2) is 70.1 Å². The molecule has 0 aromatic heterocycles. The van der Waals surface area contributed by atoms with E-state index >= 15 is 0 Å². The van der Waals surface area contributed by atoms with Crippen molar-refractivity contribution in [2.45, 2.75) is 30.4 Å². The molecule has 4 nitrogen and oxygen atoms in total. The first-order valence-electron chi connectivity index (χ1n) is 9.00. The van der Waals surface area contributed by atoms with Crippen molar-refractivity contribution in [3.63, 3.8) is 0 Å². The number of ether oxygens (including phenoxy) is 1. The lowest BCUT2D eigenvalue weighted by Crippen LogP contribution is -2.32. The van der Waals surface area contributed by atoms with Crippen LogP contribution in [-0.4, -0.2) is 31.9 Å². The Morgan fingerprint density at radius 1 is 1.07 bits per heavy atom. The maximum absolute atomic E-state index is 13.0. The molecule has 0 N–H and O–H groups in total. The average molecular weight is 448 g/mol. The van der Waals surface area contributed by atoms with E-state index < -0.39 is 10.0 Å². The molecule has 2 heterocycles. The molecule has 2 saturated heterocycles. The van der Waals surface area contributed by atoms with E-state index in [0.29, 0.717) is 18.0 Å². The maximum atomic E-state index is 13.0. The van der Waals surface area contributed by atoms with E-state index in [1.54, 1.807) is 16.4 Å². The minimum Gasteiger partial charge on any atom is -0.368 e. The summed E-state index contributed by atoms with van der Waals surface area (Å²) >= 11 is 3.45. The van der Waals surface area contributed by atoms with Crippen molar-refractivity contribution in [1.29, 1.82) is 0 Å². The number of aryl methyl sites for hydroxylation is 1. The van der Waals surface area contributed by atoms with Crippen LogP contribution in [0.25, 0.3) is 0 Å². The smallest absolute Gasteiger partial charge is 0.243 e. The van der Waals surface area contributed by atoms with Crippen LogP contribution in [-0.2, 0) is 14.8 Å². The second-order valence-corrected chi connectivity index (χ2v) is 10.2. The van der Waals surface area contributed by atoms with Crippen LogP contribution in [0.3, 0.4) is 0 Å². The lowest BCUT2D eigenvalue weighted by Gasteiger charge is -2.33. The zero-order valence-corrected chi connectivity index (χ0v) is 17.5. The molecule has 0 aliphatic carbocycles. The quantitative estimate of drug-likeness (QED) is 0.652. The molecule has 0 unspecified atom stereocenters. The summed E-state index contributed by atoms with van der Waals surface area (Å²) < 4.78 is 34.9. The molecule has 0 bridgehead atoms. The molecule has 0 saturated carbocycles. The Balaban J connectivity index is 1.54. The van der Waals surface area contributed by atoms with Crippen LogP contribution in [0.2, 0.25) is 0 Å². The summed E-state index contributed by atoms with van der Waals surface area (Å²) in [5, 5.41) is 0. The highest BCUT2D eigenvalue weighted by Gasteiger charge is 2.45. The van der Waals surface area contributed by atoms with Gasteiger partial charge >= 0.3 is 0 Å². The number of fused-ring (bicyclic) bond motifs is 1. The number of benzene rings is 2. The van der Waals surface area contributed by atoms with Gasteiger partial charge in [0.2, 0.25) is 10.0 Å². The molecule has 2 aromatic rings. The Hall–Kier alpha value is -1.47. The molecular weight excluding hydrogens is 426 g/mol. The van der Waals surface area contributed by atoms with E-state index in [0.717, 1.165) is 27.6 Å². The summed E-state index contributed by atoms with van der Waals surface area (Å²) in [4.78, 5) is 0.335. The Morgan fingerprint density at radius 2 is 1.74 bits per heavy atom. The number of hydrogen-bond acceptors (Lipinski definition) is 3. The van der Waals surface area contributed by atoms with Crippen molar-refractivity contribution in [2.75, 3.05) is 13.1 Å². The average Bonchev–Trinajstić information content (AvgIpc) is 3.08. The molecule has 6 heteroatoms. The fourth-order valence-electron chi connectivity index (χ4n) is 3.85. The third kappa shape index (κ3) is 3.63. The van der Waals surface area contributed by atoms with Gasteiger partial charge in [-0.25, -0.2) is 8.42 Å².